The molecule has 2 N–H and O–H groups in total. The van der Waals surface area contributed by atoms with Gasteiger partial charge in [0.05, 0.1) is 25.3 Å². The number of nitrogens with zero attached hydrogens (tertiary/aromatic N) is 3. The van der Waals surface area contributed by atoms with Gasteiger partial charge in [0.1, 0.15) is 24.4 Å². The maximum atomic E-state index is 13.5. The molecule has 0 unspecified atom stereocenters. The van der Waals surface area contributed by atoms with E-state index in [1.807, 2.05) is 12.1 Å². The number of para-hydroxylation sites is 1. The second-order valence-electron chi connectivity index (χ2n) is 11.3. The van der Waals surface area contributed by atoms with Crippen LogP contribution >= 0.6 is 0 Å². The van der Waals surface area contributed by atoms with Crippen molar-refractivity contribution >= 4 is 23.6 Å². The minimum Gasteiger partial charge on any atom is -0.491 e. The second-order valence-corrected chi connectivity index (χ2v) is 11.3. The van der Waals surface area contributed by atoms with Crippen molar-refractivity contribution in [2.75, 3.05) is 53.0 Å². The second kappa shape index (κ2) is 14.5. The molecule has 2 fully saturated rings. The number of fused-ring (bicyclic) bond motifs is 2. The Balaban J connectivity index is 1.30. The third-order valence-electron chi connectivity index (χ3n) is 8.29. The van der Waals surface area contributed by atoms with E-state index in [1.54, 1.807) is 41.1 Å². The van der Waals surface area contributed by atoms with E-state index in [1.165, 1.54) is 0 Å². The molecule has 3 aliphatic rings. The number of likely N-dealkylation sites (N-methyl/N-ethyl adjacent to an activating group) is 1. The van der Waals surface area contributed by atoms with Gasteiger partial charge in [-0.25, -0.2) is 0 Å². The van der Waals surface area contributed by atoms with Gasteiger partial charge >= 0.3 is 0 Å². The van der Waals surface area contributed by atoms with Gasteiger partial charge in [-0.2, -0.15) is 0 Å². The molecule has 11 nitrogen and oxygen atoms in total. The number of carbonyl (C=O) groups is 4. The maximum absolute atomic E-state index is 13.5. The van der Waals surface area contributed by atoms with Crippen LogP contribution in [0.4, 0.5) is 0 Å². The molecule has 11 heteroatoms. The molecule has 3 aliphatic heterocycles. The van der Waals surface area contributed by atoms with Gasteiger partial charge in [-0.3, -0.25) is 24.1 Å². The van der Waals surface area contributed by atoms with E-state index in [4.69, 9.17) is 9.47 Å². The van der Waals surface area contributed by atoms with Crippen molar-refractivity contribution in [2.45, 2.75) is 50.9 Å². The van der Waals surface area contributed by atoms with Gasteiger partial charge in [0.25, 0.3) is 5.91 Å². The van der Waals surface area contributed by atoms with Gasteiger partial charge in [-0.05, 0) is 42.5 Å². The van der Waals surface area contributed by atoms with Gasteiger partial charge in [0.2, 0.25) is 17.7 Å². The van der Waals surface area contributed by atoms with Crippen molar-refractivity contribution in [1.82, 2.24) is 25.3 Å². The van der Waals surface area contributed by atoms with Crippen molar-refractivity contribution in [2.24, 2.45) is 0 Å². The summed E-state index contributed by atoms with van der Waals surface area (Å²) < 4.78 is 11.3. The van der Waals surface area contributed by atoms with E-state index in [0.29, 0.717) is 25.3 Å². The minimum atomic E-state index is -0.953. The van der Waals surface area contributed by atoms with Gasteiger partial charge in [0, 0.05) is 46.2 Å². The molecule has 0 spiro atoms. The largest absolute Gasteiger partial charge is 0.491 e. The molecule has 5 rings (SSSR count). The Morgan fingerprint density at radius 1 is 0.953 bits per heavy atom. The van der Waals surface area contributed by atoms with E-state index in [9.17, 15) is 19.2 Å². The van der Waals surface area contributed by atoms with Crippen LogP contribution < -0.4 is 15.4 Å². The molecular formula is C32H41N5O6. The fourth-order valence-electron chi connectivity index (χ4n) is 5.84. The zero-order valence-electron chi connectivity index (χ0n) is 24.8. The first-order chi connectivity index (χ1) is 20.9. The number of nitrogens with one attached hydrogen (secondary N) is 2. The third kappa shape index (κ3) is 7.91. The molecule has 0 saturated carbocycles. The maximum Gasteiger partial charge on any atom is 0.255 e. The number of rotatable bonds is 5. The summed E-state index contributed by atoms with van der Waals surface area (Å²) in [5.41, 5.74) is 2.38. The fraction of sp³-hybridized carbons (Fsp3) is 0.500. The summed E-state index contributed by atoms with van der Waals surface area (Å²) in [6.45, 7) is 5.31. The van der Waals surface area contributed by atoms with Crippen LogP contribution in [0.1, 0.15) is 47.2 Å². The fourth-order valence-corrected chi connectivity index (χ4v) is 5.84. The van der Waals surface area contributed by atoms with Crippen molar-refractivity contribution < 1.29 is 28.7 Å². The molecule has 2 aromatic rings. The smallest absolute Gasteiger partial charge is 0.255 e. The third-order valence-corrected chi connectivity index (χ3v) is 8.29. The average molecular weight is 592 g/mol. The minimum absolute atomic E-state index is 0.0268. The first kappa shape index (κ1) is 30.5. The Hall–Kier alpha value is -3.96. The number of ether oxygens (including phenoxy) is 2. The van der Waals surface area contributed by atoms with E-state index >= 15 is 0 Å². The van der Waals surface area contributed by atoms with Crippen LogP contribution in [-0.2, 0) is 32.2 Å². The Morgan fingerprint density at radius 2 is 1.74 bits per heavy atom. The SMILES string of the molecule is CN1CCOc2ccccc2C(=O)N[C@H](C(=O)NCc2cccc(CN3CCOCC3)c2)CCC(=O)N2CCC[C@@H]2C1=O. The Kier molecular flexibility index (Phi) is 10.3. The number of hydrogen-bond donors (Lipinski definition) is 2. The van der Waals surface area contributed by atoms with Crippen molar-refractivity contribution in [3.05, 3.63) is 65.2 Å². The summed E-state index contributed by atoms with van der Waals surface area (Å²) in [7, 11) is 1.70. The first-order valence-electron chi connectivity index (χ1n) is 15.1. The summed E-state index contributed by atoms with van der Waals surface area (Å²) >= 11 is 0. The lowest BCUT2D eigenvalue weighted by atomic mass is 10.1. The van der Waals surface area contributed by atoms with Crippen LogP contribution in [0.5, 0.6) is 5.75 Å². The van der Waals surface area contributed by atoms with E-state index in [0.717, 1.165) is 50.4 Å². The van der Waals surface area contributed by atoms with Crippen LogP contribution in [0, 0.1) is 0 Å². The first-order valence-corrected chi connectivity index (χ1v) is 15.1. The number of morpholine rings is 1. The quantitative estimate of drug-likeness (QED) is 0.542. The zero-order chi connectivity index (χ0) is 30.2. The van der Waals surface area contributed by atoms with Crippen molar-refractivity contribution in [3.8, 4) is 5.75 Å². The number of amides is 4. The van der Waals surface area contributed by atoms with E-state index in [2.05, 4.69) is 27.7 Å². The van der Waals surface area contributed by atoms with Crippen LogP contribution in [0.2, 0.25) is 0 Å². The highest BCUT2D eigenvalue weighted by atomic mass is 16.5. The highest BCUT2D eigenvalue weighted by Crippen LogP contribution is 2.23. The Labute approximate surface area is 252 Å². The zero-order valence-corrected chi connectivity index (χ0v) is 24.8. The number of benzene rings is 2. The normalized spacial score (nSPS) is 22.5. The lowest BCUT2D eigenvalue weighted by Gasteiger charge is -2.28. The van der Waals surface area contributed by atoms with Crippen molar-refractivity contribution in [1.29, 1.82) is 0 Å². The molecule has 3 heterocycles. The monoisotopic (exact) mass is 591 g/mol. The van der Waals surface area contributed by atoms with E-state index < -0.39 is 18.0 Å². The lowest BCUT2D eigenvalue weighted by molar-refractivity contribution is -0.143. The lowest BCUT2D eigenvalue weighted by Crippen LogP contribution is -2.49. The van der Waals surface area contributed by atoms with Crippen molar-refractivity contribution in [3.63, 3.8) is 0 Å². The van der Waals surface area contributed by atoms with Gasteiger partial charge < -0.3 is 29.9 Å². The average Bonchev–Trinajstić information content (AvgIpc) is 3.52. The summed E-state index contributed by atoms with van der Waals surface area (Å²) in [6, 6.07) is 13.4. The molecule has 0 aromatic heterocycles. The predicted octanol–water partition coefficient (Wildman–Crippen LogP) is 1.56. The van der Waals surface area contributed by atoms with E-state index in [-0.39, 0.29) is 49.3 Å². The number of hydrogen-bond acceptors (Lipinski definition) is 7. The molecule has 0 bridgehead atoms. The standard InChI is InChI=1S/C32H41N5O6/c1-35-14-19-43-28-10-3-2-8-25(28)30(39)34-26(11-12-29(38)37-13-5-9-27(37)32(35)41)31(40)33-21-23-6-4-7-24(20-23)22-36-15-17-42-18-16-36/h2-4,6-8,10,20,26-27H,5,9,11-19,21-22H2,1H3,(H,33,40)(H,34,39)/t26-,27+/m0/s1. The summed E-state index contributed by atoms with van der Waals surface area (Å²) in [5.74, 6) is -0.800. The topological polar surface area (TPSA) is 121 Å². The molecule has 0 radical (unpaired) electrons. The molecule has 0 aliphatic carbocycles. The number of carbonyl (C=O) groups excluding carboxylic acids is 4. The molecule has 230 valence electrons. The van der Waals surface area contributed by atoms with Gasteiger partial charge in [-0.15, -0.1) is 0 Å². The van der Waals surface area contributed by atoms with Gasteiger partial charge in [0.15, 0.2) is 0 Å². The summed E-state index contributed by atoms with van der Waals surface area (Å²) in [5, 5.41) is 5.80. The van der Waals surface area contributed by atoms with Gasteiger partial charge in [-0.1, -0.05) is 36.4 Å². The van der Waals surface area contributed by atoms with Crippen LogP contribution in [0.15, 0.2) is 48.5 Å². The molecule has 2 atom stereocenters. The highest BCUT2D eigenvalue weighted by molar-refractivity contribution is 5.99. The Morgan fingerprint density at radius 3 is 2.58 bits per heavy atom. The van der Waals surface area contributed by atoms with Crippen LogP contribution in [0.25, 0.3) is 0 Å². The molecule has 43 heavy (non-hydrogen) atoms. The molecular weight excluding hydrogens is 550 g/mol. The van der Waals surface area contributed by atoms with Crippen LogP contribution in [0.3, 0.4) is 0 Å². The summed E-state index contributed by atoms with van der Waals surface area (Å²) in [4.78, 5) is 58.9. The Bertz CT molecular complexity index is 1310. The highest BCUT2D eigenvalue weighted by Gasteiger charge is 2.36. The molecule has 4 amide bonds. The predicted molar refractivity (Wildman–Crippen MR) is 159 cm³/mol. The molecule has 2 saturated heterocycles. The summed E-state index contributed by atoms with van der Waals surface area (Å²) in [6.07, 6.45) is 1.47. The molecule has 2 aromatic carbocycles. The van der Waals surface area contributed by atoms with Crippen LogP contribution in [-0.4, -0.2) is 103 Å².